The average Bonchev–Trinajstić information content (AvgIpc) is 2.64. The lowest BCUT2D eigenvalue weighted by molar-refractivity contribution is 0.0827. The van der Waals surface area contributed by atoms with Crippen molar-refractivity contribution in [1.29, 1.82) is 0 Å². The number of aliphatic imine (C=N–C) groups is 1. The molecule has 1 aromatic rings. The fourth-order valence-electron chi connectivity index (χ4n) is 2.74. The fourth-order valence-corrected chi connectivity index (χ4v) is 2.74. The lowest BCUT2D eigenvalue weighted by atomic mass is 10.1. The number of hydrogen-bond donors (Lipinski definition) is 1. The summed E-state index contributed by atoms with van der Waals surface area (Å²) < 4.78 is 0. The van der Waals surface area contributed by atoms with Gasteiger partial charge in [0.15, 0.2) is 5.96 Å². The number of nitrogens with zero attached hydrogens (tertiary/aromatic N) is 3. The Morgan fingerprint density at radius 3 is 2.65 bits per heavy atom. The molecule has 1 rings (SSSR count). The molecule has 0 unspecified atom stereocenters. The lowest BCUT2D eigenvalue weighted by Gasteiger charge is -2.22. The van der Waals surface area contributed by atoms with Gasteiger partial charge in [-0.1, -0.05) is 24.6 Å². The van der Waals surface area contributed by atoms with E-state index in [0.717, 1.165) is 49.4 Å². The van der Waals surface area contributed by atoms with Crippen LogP contribution in [0.2, 0.25) is 0 Å². The summed E-state index contributed by atoms with van der Waals surface area (Å²) in [6, 6.07) is 7.82. The number of benzene rings is 1. The molecule has 0 aliphatic carbocycles. The van der Waals surface area contributed by atoms with Gasteiger partial charge in [0.25, 0.3) is 5.91 Å². The van der Waals surface area contributed by atoms with Crippen LogP contribution >= 0.6 is 0 Å². The molecule has 5 heteroatoms. The van der Waals surface area contributed by atoms with Crippen LogP contribution in [0.5, 0.6) is 0 Å². The molecule has 1 amide bonds. The van der Waals surface area contributed by atoms with Crippen LogP contribution in [0.15, 0.2) is 41.9 Å². The predicted molar refractivity (Wildman–Crippen MR) is 111 cm³/mol. The molecule has 0 fully saturated rings. The summed E-state index contributed by atoms with van der Waals surface area (Å²) in [4.78, 5) is 20.2. The molecule has 0 saturated heterocycles. The van der Waals surface area contributed by atoms with Crippen molar-refractivity contribution < 1.29 is 4.79 Å². The van der Waals surface area contributed by atoms with Gasteiger partial charge in [0.05, 0.1) is 0 Å². The van der Waals surface area contributed by atoms with E-state index >= 15 is 0 Å². The van der Waals surface area contributed by atoms with Gasteiger partial charge in [0.2, 0.25) is 0 Å². The van der Waals surface area contributed by atoms with E-state index in [1.807, 2.05) is 31.3 Å². The molecule has 5 nitrogen and oxygen atoms in total. The van der Waals surface area contributed by atoms with E-state index in [0.29, 0.717) is 0 Å². The Kier molecular flexibility index (Phi) is 10.1. The van der Waals surface area contributed by atoms with E-state index in [-0.39, 0.29) is 5.91 Å². The second-order valence-electron chi connectivity index (χ2n) is 6.68. The van der Waals surface area contributed by atoms with Crippen molar-refractivity contribution in [2.75, 3.05) is 41.3 Å². The van der Waals surface area contributed by atoms with Gasteiger partial charge in [-0.15, -0.1) is 6.58 Å². The number of hydrogen-bond acceptors (Lipinski definition) is 2. The number of allylic oxidation sites excluding steroid dienone is 1. The molecular weight excluding hydrogens is 324 g/mol. The van der Waals surface area contributed by atoms with Gasteiger partial charge in [0.1, 0.15) is 0 Å². The highest BCUT2D eigenvalue weighted by Gasteiger charge is 2.09. The summed E-state index contributed by atoms with van der Waals surface area (Å²) >= 11 is 0. The highest BCUT2D eigenvalue weighted by atomic mass is 16.2. The summed E-state index contributed by atoms with van der Waals surface area (Å²) in [5, 5.41) is 3.41. The number of nitrogens with one attached hydrogen (secondary N) is 1. The smallest absolute Gasteiger partial charge is 0.253 e. The Bertz CT molecular complexity index is 595. The van der Waals surface area contributed by atoms with Crippen molar-refractivity contribution in [1.82, 2.24) is 15.1 Å². The third-order valence-corrected chi connectivity index (χ3v) is 4.25. The molecular formula is C21H34N4O. The maximum atomic E-state index is 12.1. The first-order chi connectivity index (χ1) is 12.5. The summed E-state index contributed by atoms with van der Waals surface area (Å²) in [6.07, 6.45) is 7.48. The number of rotatable bonds is 10. The monoisotopic (exact) mass is 358 g/mol. The molecule has 26 heavy (non-hydrogen) atoms. The van der Waals surface area contributed by atoms with Crippen LogP contribution in [-0.2, 0) is 6.42 Å². The van der Waals surface area contributed by atoms with Crippen molar-refractivity contribution in [3.63, 3.8) is 0 Å². The summed E-state index contributed by atoms with van der Waals surface area (Å²) in [7, 11) is 7.42. The van der Waals surface area contributed by atoms with Gasteiger partial charge in [-0.25, -0.2) is 0 Å². The van der Waals surface area contributed by atoms with Crippen LogP contribution in [0.3, 0.4) is 0 Å². The summed E-state index contributed by atoms with van der Waals surface area (Å²) in [5.74, 6) is 0.945. The standard InChI is InChI=1S/C21H34N4O/c1-6-7-8-9-10-16-25(5)21(22-2)23-15-14-18-12-11-13-19(17-18)20(26)24(3)4/h6,11-13,17H,1,7-10,14-16H2,2-5H3,(H,22,23). The fraction of sp³-hybridized carbons (Fsp3) is 0.524. The first-order valence-electron chi connectivity index (χ1n) is 9.32. The summed E-state index contributed by atoms with van der Waals surface area (Å²) in [5.41, 5.74) is 1.88. The largest absolute Gasteiger partial charge is 0.356 e. The van der Waals surface area contributed by atoms with E-state index in [4.69, 9.17) is 0 Å². The molecule has 0 aliphatic heterocycles. The Labute approximate surface area is 158 Å². The third kappa shape index (κ3) is 7.72. The topological polar surface area (TPSA) is 47.9 Å². The Morgan fingerprint density at radius 2 is 2.00 bits per heavy atom. The summed E-state index contributed by atoms with van der Waals surface area (Å²) in [6.45, 7) is 5.53. The first-order valence-corrected chi connectivity index (χ1v) is 9.32. The van der Waals surface area contributed by atoms with Crippen molar-refractivity contribution in [2.24, 2.45) is 4.99 Å². The highest BCUT2D eigenvalue weighted by molar-refractivity contribution is 5.94. The van der Waals surface area contributed by atoms with E-state index < -0.39 is 0 Å². The Balaban J connectivity index is 2.43. The molecule has 0 saturated carbocycles. The predicted octanol–water partition coefficient (Wildman–Crippen LogP) is 3.18. The van der Waals surface area contributed by atoms with E-state index in [1.165, 1.54) is 12.8 Å². The van der Waals surface area contributed by atoms with Crippen LogP contribution in [0.4, 0.5) is 0 Å². The zero-order chi connectivity index (χ0) is 19.4. The van der Waals surface area contributed by atoms with Crippen molar-refractivity contribution in [3.8, 4) is 0 Å². The highest BCUT2D eigenvalue weighted by Crippen LogP contribution is 2.08. The van der Waals surface area contributed by atoms with E-state index in [1.54, 1.807) is 19.0 Å². The van der Waals surface area contributed by atoms with Crippen LogP contribution in [-0.4, -0.2) is 62.9 Å². The molecule has 0 radical (unpaired) electrons. The minimum Gasteiger partial charge on any atom is -0.356 e. The zero-order valence-electron chi connectivity index (χ0n) is 16.8. The molecule has 0 spiro atoms. The molecule has 1 aromatic carbocycles. The maximum Gasteiger partial charge on any atom is 0.253 e. The van der Waals surface area contributed by atoms with Crippen molar-refractivity contribution in [2.45, 2.75) is 32.1 Å². The van der Waals surface area contributed by atoms with Gasteiger partial charge in [-0.05, 0) is 43.4 Å². The zero-order valence-corrected chi connectivity index (χ0v) is 16.8. The van der Waals surface area contributed by atoms with Gasteiger partial charge in [0, 0.05) is 46.8 Å². The molecule has 0 bridgehead atoms. The van der Waals surface area contributed by atoms with Gasteiger partial charge >= 0.3 is 0 Å². The van der Waals surface area contributed by atoms with Crippen LogP contribution in [0.25, 0.3) is 0 Å². The second-order valence-corrected chi connectivity index (χ2v) is 6.68. The molecule has 144 valence electrons. The first kappa shape index (κ1) is 21.7. The quantitative estimate of drug-likeness (QED) is 0.302. The average molecular weight is 359 g/mol. The number of unbranched alkanes of at least 4 members (excludes halogenated alkanes) is 3. The van der Waals surface area contributed by atoms with E-state index in [2.05, 4.69) is 34.9 Å². The number of amides is 1. The molecule has 0 aromatic heterocycles. The lowest BCUT2D eigenvalue weighted by Crippen LogP contribution is -2.40. The second kappa shape index (κ2) is 12.1. The Morgan fingerprint density at radius 1 is 1.23 bits per heavy atom. The number of carbonyl (C=O) groups excluding carboxylic acids is 1. The normalized spacial score (nSPS) is 11.2. The van der Waals surface area contributed by atoms with Crippen LogP contribution in [0, 0.1) is 0 Å². The molecule has 1 N–H and O–H groups in total. The maximum absolute atomic E-state index is 12.1. The minimum absolute atomic E-state index is 0.0341. The molecule has 0 heterocycles. The SMILES string of the molecule is C=CCCCCCN(C)C(=NC)NCCc1cccc(C(=O)N(C)C)c1. The molecule has 0 atom stereocenters. The third-order valence-electron chi connectivity index (χ3n) is 4.25. The van der Waals surface area contributed by atoms with Crippen LogP contribution < -0.4 is 5.32 Å². The number of guanidine groups is 1. The van der Waals surface area contributed by atoms with Crippen molar-refractivity contribution >= 4 is 11.9 Å². The minimum atomic E-state index is 0.0341. The Hall–Kier alpha value is -2.30. The van der Waals surface area contributed by atoms with Crippen molar-refractivity contribution in [3.05, 3.63) is 48.0 Å². The van der Waals surface area contributed by atoms with E-state index in [9.17, 15) is 4.79 Å². The van der Waals surface area contributed by atoms with Gasteiger partial charge < -0.3 is 15.1 Å². The van der Waals surface area contributed by atoms with Gasteiger partial charge in [-0.3, -0.25) is 9.79 Å². The molecule has 0 aliphatic rings. The number of carbonyl (C=O) groups is 1. The van der Waals surface area contributed by atoms with Gasteiger partial charge in [-0.2, -0.15) is 0 Å². The van der Waals surface area contributed by atoms with Crippen LogP contribution in [0.1, 0.15) is 41.6 Å².